The van der Waals surface area contributed by atoms with Gasteiger partial charge in [0.25, 0.3) is 0 Å². The summed E-state index contributed by atoms with van der Waals surface area (Å²) in [5, 5.41) is 5.66. The van der Waals surface area contributed by atoms with Crippen LogP contribution in [0.1, 0.15) is 68.0 Å². The van der Waals surface area contributed by atoms with Crippen molar-refractivity contribution in [1.29, 1.82) is 0 Å². The van der Waals surface area contributed by atoms with Gasteiger partial charge in [-0.25, -0.2) is 17.9 Å². The summed E-state index contributed by atoms with van der Waals surface area (Å²) in [6.07, 6.45) is 9.91. The summed E-state index contributed by atoms with van der Waals surface area (Å²) in [5.74, 6) is -0.389. The van der Waals surface area contributed by atoms with Crippen molar-refractivity contribution in [3.8, 4) is 0 Å². The number of hydrogen-bond donors (Lipinski definition) is 0. The van der Waals surface area contributed by atoms with E-state index >= 15 is 0 Å². The summed E-state index contributed by atoms with van der Waals surface area (Å²) in [4.78, 5) is 12.1. The van der Waals surface area contributed by atoms with Gasteiger partial charge in [-0.05, 0) is 90.3 Å². The highest BCUT2D eigenvalue weighted by Gasteiger charge is 2.22. The van der Waals surface area contributed by atoms with E-state index in [0.29, 0.717) is 23.5 Å². The van der Waals surface area contributed by atoms with Crippen molar-refractivity contribution in [2.24, 2.45) is 0 Å². The fourth-order valence-corrected chi connectivity index (χ4v) is 6.44. The maximum atomic E-state index is 12.8. The van der Waals surface area contributed by atoms with Gasteiger partial charge in [-0.2, -0.15) is 5.10 Å². The zero-order valence-electron chi connectivity index (χ0n) is 24.2. The Labute approximate surface area is 247 Å². The third-order valence-electron chi connectivity index (χ3n) is 7.48. The second-order valence-electron chi connectivity index (χ2n) is 10.4. The summed E-state index contributed by atoms with van der Waals surface area (Å²) in [7, 11) is -3.47. The normalized spacial score (nSPS) is 16.5. The second-order valence-corrected chi connectivity index (χ2v) is 12.4. The lowest BCUT2D eigenvalue weighted by molar-refractivity contribution is -0.137. The molecule has 2 heterocycles. The van der Waals surface area contributed by atoms with Crippen LogP contribution in [0.2, 0.25) is 0 Å². The summed E-state index contributed by atoms with van der Waals surface area (Å²) >= 11 is 0. The summed E-state index contributed by atoms with van der Waals surface area (Å²) in [5.41, 5.74) is 6.30. The van der Waals surface area contributed by atoms with Gasteiger partial charge in [-0.1, -0.05) is 55.5 Å². The fraction of sp³-hybridized carbons (Fsp3) is 0.294. The van der Waals surface area contributed by atoms with Gasteiger partial charge in [0.05, 0.1) is 23.2 Å². The number of allylic oxidation sites excluding steroid dienone is 1. The molecule has 1 aliphatic rings. The number of nitrogens with zero attached hydrogens (tertiary/aromatic N) is 2. The number of rotatable bonds is 9. The average molecular weight is 585 g/mol. The van der Waals surface area contributed by atoms with Crippen LogP contribution >= 0.6 is 0 Å². The zero-order valence-corrected chi connectivity index (χ0v) is 25.1. The molecule has 8 heteroatoms. The van der Waals surface area contributed by atoms with Crippen LogP contribution in [0.5, 0.6) is 0 Å². The predicted molar refractivity (Wildman–Crippen MR) is 166 cm³/mol. The van der Waals surface area contributed by atoms with E-state index in [0.717, 1.165) is 64.6 Å². The minimum atomic E-state index is -3.47. The van der Waals surface area contributed by atoms with Gasteiger partial charge >= 0.3 is 5.97 Å². The molecule has 4 aromatic rings. The lowest BCUT2D eigenvalue weighted by atomic mass is 9.87. The molecule has 0 bridgehead atoms. The van der Waals surface area contributed by atoms with E-state index in [9.17, 15) is 13.2 Å². The fourth-order valence-electron chi connectivity index (χ4n) is 5.53. The number of carbonyl (C=O) groups excluding carboxylic acids is 1. The van der Waals surface area contributed by atoms with E-state index in [4.69, 9.17) is 9.47 Å². The van der Waals surface area contributed by atoms with Crippen LogP contribution in [0.25, 0.3) is 28.1 Å². The van der Waals surface area contributed by atoms with E-state index in [1.807, 2.05) is 54.2 Å². The molecule has 0 amide bonds. The van der Waals surface area contributed by atoms with Gasteiger partial charge in [0.2, 0.25) is 0 Å². The van der Waals surface area contributed by atoms with Crippen molar-refractivity contribution in [2.45, 2.75) is 50.7 Å². The monoisotopic (exact) mass is 584 g/mol. The third-order valence-corrected chi connectivity index (χ3v) is 8.63. The molecule has 1 aliphatic heterocycles. The Morgan fingerprint density at radius 1 is 1.05 bits per heavy atom. The smallest absolute Gasteiger partial charge is 0.330 e. The van der Waals surface area contributed by atoms with E-state index in [2.05, 4.69) is 23.3 Å². The molecule has 0 spiro atoms. The number of esters is 1. The first-order valence-corrected chi connectivity index (χ1v) is 16.3. The lowest BCUT2D eigenvalue weighted by Gasteiger charge is -2.23. The van der Waals surface area contributed by atoms with Crippen molar-refractivity contribution in [3.63, 3.8) is 0 Å². The Hall–Kier alpha value is -4.01. The number of carbonyl (C=O) groups is 1. The number of hydrogen-bond acceptors (Lipinski definition) is 6. The molecule has 0 radical (unpaired) electrons. The highest BCUT2D eigenvalue weighted by atomic mass is 32.2. The van der Waals surface area contributed by atoms with E-state index < -0.39 is 9.84 Å². The first kappa shape index (κ1) is 29.5. The van der Waals surface area contributed by atoms with Crippen LogP contribution in [0.4, 0.5) is 0 Å². The maximum absolute atomic E-state index is 12.8. The van der Waals surface area contributed by atoms with Crippen LogP contribution in [0.15, 0.2) is 83.9 Å². The molecule has 1 unspecified atom stereocenters. The first-order chi connectivity index (χ1) is 20.3. The molecule has 42 heavy (non-hydrogen) atoms. The number of sulfone groups is 1. The van der Waals surface area contributed by atoms with Gasteiger partial charge in [-0.3, -0.25) is 0 Å². The Morgan fingerprint density at radius 2 is 1.81 bits per heavy atom. The first-order valence-electron chi connectivity index (χ1n) is 14.4. The molecule has 1 atom stereocenters. The van der Waals surface area contributed by atoms with Gasteiger partial charge in [0.1, 0.15) is 0 Å². The highest BCUT2D eigenvalue weighted by Crippen LogP contribution is 2.38. The largest absolute Gasteiger partial charge is 0.463 e. The van der Waals surface area contributed by atoms with Gasteiger partial charge < -0.3 is 9.47 Å². The summed E-state index contributed by atoms with van der Waals surface area (Å²) < 4.78 is 38.6. The van der Waals surface area contributed by atoms with Crippen molar-refractivity contribution in [1.82, 2.24) is 9.78 Å². The van der Waals surface area contributed by atoms with Crippen LogP contribution < -0.4 is 0 Å². The maximum Gasteiger partial charge on any atom is 0.330 e. The predicted octanol–water partition coefficient (Wildman–Crippen LogP) is 7.08. The number of fused-ring (bicyclic) bond motifs is 1. The Kier molecular flexibility index (Phi) is 9.04. The molecule has 3 aromatic carbocycles. The Bertz CT molecular complexity index is 1740. The molecule has 218 valence electrons. The average Bonchev–Trinajstić information content (AvgIpc) is 3.43. The second kappa shape index (κ2) is 12.9. The highest BCUT2D eigenvalue weighted by molar-refractivity contribution is 7.90. The van der Waals surface area contributed by atoms with Crippen LogP contribution in [-0.2, 0) is 24.1 Å². The van der Waals surface area contributed by atoms with E-state index in [1.54, 1.807) is 25.1 Å². The minimum absolute atomic E-state index is 0.0693. The molecule has 0 aliphatic carbocycles. The molecule has 1 fully saturated rings. The number of aromatic nitrogens is 2. The zero-order chi connectivity index (χ0) is 29.7. The topological polar surface area (TPSA) is 87.5 Å². The summed E-state index contributed by atoms with van der Waals surface area (Å²) in [6.45, 7) is 4.87. The summed E-state index contributed by atoms with van der Waals surface area (Å²) in [6, 6.07) is 21.3. The van der Waals surface area contributed by atoms with Crippen molar-refractivity contribution < 1.29 is 22.7 Å². The molecule has 1 saturated heterocycles. The number of benzene rings is 3. The van der Waals surface area contributed by atoms with E-state index in [1.165, 1.54) is 12.3 Å². The SMILES string of the molecule is CCOC(=O)C=Cc1ccc(C(=C(CC)c2ccccc2S(C)(=O)=O)c2ccc3c(cnn3C3CCCCO3)c2)cc1. The lowest BCUT2D eigenvalue weighted by Crippen LogP contribution is -2.18. The van der Waals surface area contributed by atoms with Crippen molar-refractivity contribution in [3.05, 3.63) is 101 Å². The molecular formula is C34H36N2O5S. The molecule has 0 N–H and O–H groups in total. The molecule has 0 saturated carbocycles. The van der Waals surface area contributed by atoms with Crippen LogP contribution in [-0.4, -0.2) is 43.6 Å². The Morgan fingerprint density at radius 3 is 2.50 bits per heavy atom. The van der Waals surface area contributed by atoms with E-state index in [-0.39, 0.29) is 12.2 Å². The van der Waals surface area contributed by atoms with Gasteiger partial charge in [-0.15, -0.1) is 0 Å². The van der Waals surface area contributed by atoms with Gasteiger partial charge in [0.15, 0.2) is 16.1 Å². The van der Waals surface area contributed by atoms with Crippen molar-refractivity contribution >= 4 is 43.9 Å². The van der Waals surface area contributed by atoms with Crippen LogP contribution in [0, 0.1) is 0 Å². The third kappa shape index (κ3) is 6.40. The molecular weight excluding hydrogens is 548 g/mol. The quantitative estimate of drug-likeness (QED) is 0.119. The Balaban J connectivity index is 1.66. The van der Waals surface area contributed by atoms with Gasteiger partial charge in [0, 0.05) is 24.3 Å². The minimum Gasteiger partial charge on any atom is -0.463 e. The van der Waals surface area contributed by atoms with Crippen LogP contribution in [0.3, 0.4) is 0 Å². The molecule has 5 rings (SSSR count). The number of ether oxygens (including phenoxy) is 2. The molecule has 7 nitrogen and oxygen atoms in total. The molecule has 1 aromatic heterocycles. The standard InChI is InChI=1S/C34H36N2O5S/c1-4-28(29-10-6-7-11-31(29)42(3,38)39)34(25-16-13-24(14-17-25)15-20-33(37)40-5-2)26-18-19-30-27(22-26)23-35-36(30)32-12-8-9-21-41-32/h6-7,10-11,13-20,22-23,32H,4-5,8-9,12,21H2,1-3H3. The van der Waals surface area contributed by atoms with Crippen molar-refractivity contribution in [2.75, 3.05) is 19.5 Å².